The molecule has 2 rings (SSSR count). The number of hydrogen-bond acceptors (Lipinski definition) is 3. The van der Waals surface area contributed by atoms with Gasteiger partial charge in [0.05, 0.1) is 5.52 Å². The number of Topliss-reactive ketones (excluding diaryl/α,β-unsaturated/α-hetero) is 1. The zero-order chi connectivity index (χ0) is 10.7. The van der Waals surface area contributed by atoms with Crippen molar-refractivity contribution in [2.24, 2.45) is 5.73 Å². The molecule has 0 unspecified atom stereocenters. The molecule has 0 aliphatic rings. The first-order valence-corrected chi connectivity index (χ1v) is 4.89. The van der Waals surface area contributed by atoms with Crippen molar-refractivity contribution in [1.29, 1.82) is 0 Å². The van der Waals surface area contributed by atoms with E-state index in [1.54, 1.807) is 6.20 Å². The third-order valence-electron chi connectivity index (χ3n) is 2.30. The van der Waals surface area contributed by atoms with Crippen LogP contribution in [-0.4, -0.2) is 17.3 Å². The maximum Gasteiger partial charge on any atom is 0.164 e. The van der Waals surface area contributed by atoms with E-state index in [2.05, 4.69) is 4.98 Å². The van der Waals surface area contributed by atoms with Gasteiger partial charge in [0.1, 0.15) is 0 Å². The van der Waals surface area contributed by atoms with Gasteiger partial charge >= 0.3 is 0 Å². The van der Waals surface area contributed by atoms with Crippen molar-refractivity contribution >= 4 is 16.7 Å². The van der Waals surface area contributed by atoms with Gasteiger partial charge in [0.2, 0.25) is 0 Å². The highest BCUT2D eigenvalue weighted by molar-refractivity contribution is 5.99. The van der Waals surface area contributed by atoms with E-state index in [0.29, 0.717) is 18.5 Å². The van der Waals surface area contributed by atoms with E-state index in [9.17, 15) is 4.79 Å². The summed E-state index contributed by atoms with van der Waals surface area (Å²) >= 11 is 0. The van der Waals surface area contributed by atoms with E-state index in [4.69, 9.17) is 5.73 Å². The zero-order valence-electron chi connectivity index (χ0n) is 8.31. The summed E-state index contributed by atoms with van der Waals surface area (Å²) in [6.45, 7) is 0.388. The lowest BCUT2D eigenvalue weighted by Gasteiger charge is -2.01. The molecule has 0 aliphatic carbocycles. The monoisotopic (exact) mass is 200 g/mol. The van der Waals surface area contributed by atoms with E-state index >= 15 is 0 Å². The van der Waals surface area contributed by atoms with E-state index in [-0.39, 0.29) is 5.78 Å². The van der Waals surface area contributed by atoms with Crippen LogP contribution >= 0.6 is 0 Å². The molecule has 1 heterocycles. The number of carbonyl (C=O) groups excluding carboxylic acids is 1. The Bertz CT molecular complexity index is 494. The molecule has 3 heteroatoms. The van der Waals surface area contributed by atoms with Gasteiger partial charge in [0.15, 0.2) is 5.78 Å². The minimum Gasteiger partial charge on any atom is -0.330 e. The number of aromatic nitrogens is 1. The van der Waals surface area contributed by atoms with Crippen LogP contribution in [0.25, 0.3) is 10.9 Å². The number of rotatable bonds is 3. The zero-order valence-corrected chi connectivity index (χ0v) is 8.31. The van der Waals surface area contributed by atoms with Gasteiger partial charge in [-0.15, -0.1) is 0 Å². The normalized spacial score (nSPS) is 10.5. The van der Waals surface area contributed by atoms with E-state index in [1.165, 1.54) is 0 Å². The second kappa shape index (κ2) is 4.19. The summed E-state index contributed by atoms with van der Waals surface area (Å²) in [4.78, 5) is 15.8. The van der Waals surface area contributed by atoms with Crippen LogP contribution in [0.1, 0.15) is 16.8 Å². The highest BCUT2D eigenvalue weighted by Crippen LogP contribution is 2.14. The number of pyridine rings is 1. The molecule has 0 aliphatic heterocycles. The molecule has 0 saturated heterocycles. The first kappa shape index (κ1) is 9.80. The van der Waals surface area contributed by atoms with Crippen LogP contribution in [0.2, 0.25) is 0 Å². The molecule has 0 amide bonds. The Morgan fingerprint density at radius 2 is 2.20 bits per heavy atom. The summed E-state index contributed by atoms with van der Waals surface area (Å²) in [7, 11) is 0. The Labute approximate surface area is 87.9 Å². The predicted molar refractivity (Wildman–Crippen MR) is 59.7 cm³/mol. The fourth-order valence-corrected chi connectivity index (χ4v) is 1.52. The number of carbonyl (C=O) groups is 1. The van der Waals surface area contributed by atoms with E-state index in [0.717, 1.165) is 10.9 Å². The molecule has 76 valence electrons. The second-order valence-corrected chi connectivity index (χ2v) is 3.37. The lowest BCUT2D eigenvalue weighted by molar-refractivity contribution is 0.0985. The highest BCUT2D eigenvalue weighted by Gasteiger charge is 2.05. The molecule has 15 heavy (non-hydrogen) atoms. The fourth-order valence-electron chi connectivity index (χ4n) is 1.52. The molecular formula is C12H12N2O. The summed E-state index contributed by atoms with van der Waals surface area (Å²) in [5.41, 5.74) is 6.88. The summed E-state index contributed by atoms with van der Waals surface area (Å²) in [5.74, 6) is 0.0741. The molecule has 2 N–H and O–H groups in total. The maximum atomic E-state index is 11.6. The lowest BCUT2D eigenvalue weighted by Crippen LogP contribution is -2.07. The predicted octanol–water partition coefficient (Wildman–Crippen LogP) is 1.77. The Morgan fingerprint density at radius 3 is 3.00 bits per heavy atom. The molecule has 0 bridgehead atoms. The quantitative estimate of drug-likeness (QED) is 0.768. The third kappa shape index (κ3) is 2.02. The fraction of sp³-hybridized carbons (Fsp3) is 0.167. The van der Waals surface area contributed by atoms with Gasteiger partial charge < -0.3 is 5.73 Å². The second-order valence-electron chi connectivity index (χ2n) is 3.37. The third-order valence-corrected chi connectivity index (χ3v) is 2.30. The topological polar surface area (TPSA) is 56.0 Å². The molecule has 2 aromatic rings. The largest absolute Gasteiger partial charge is 0.330 e. The molecule has 3 nitrogen and oxygen atoms in total. The van der Waals surface area contributed by atoms with Crippen molar-refractivity contribution in [1.82, 2.24) is 4.98 Å². The Balaban J connectivity index is 2.42. The first-order chi connectivity index (χ1) is 7.31. The van der Waals surface area contributed by atoms with Crippen molar-refractivity contribution in [3.8, 4) is 0 Å². The van der Waals surface area contributed by atoms with Crippen LogP contribution in [0.4, 0.5) is 0 Å². The van der Waals surface area contributed by atoms with Crippen LogP contribution in [0, 0.1) is 0 Å². The molecule has 0 fully saturated rings. The molecule has 1 aromatic carbocycles. The van der Waals surface area contributed by atoms with Crippen molar-refractivity contribution in [2.45, 2.75) is 6.42 Å². The molecule has 0 spiro atoms. The van der Waals surface area contributed by atoms with Crippen molar-refractivity contribution in [2.75, 3.05) is 6.54 Å². The van der Waals surface area contributed by atoms with E-state index in [1.807, 2.05) is 30.3 Å². The highest BCUT2D eigenvalue weighted by atomic mass is 16.1. The smallest absolute Gasteiger partial charge is 0.164 e. The van der Waals surface area contributed by atoms with E-state index < -0.39 is 0 Å². The molecule has 0 atom stereocenters. The summed E-state index contributed by atoms with van der Waals surface area (Å²) in [5, 5.41) is 1.04. The van der Waals surface area contributed by atoms with Crippen LogP contribution in [-0.2, 0) is 0 Å². The number of nitrogens with zero attached hydrogens (tertiary/aromatic N) is 1. The summed E-state index contributed by atoms with van der Waals surface area (Å²) < 4.78 is 0. The van der Waals surface area contributed by atoms with Crippen molar-refractivity contribution in [3.05, 3.63) is 42.1 Å². The Kier molecular flexibility index (Phi) is 2.74. The van der Waals surface area contributed by atoms with Crippen LogP contribution < -0.4 is 5.73 Å². The van der Waals surface area contributed by atoms with Gasteiger partial charge in [-0.05, 0) is 18.7 Å². The summed E-state index contributed by atoms with van der Waals surface area (Å²) in [6.07, 6.45) is 2.11. The lowest BCUT2D eigenvalue weighted by atomic mass is 10.1. The van der Waals surface area contributed by atoms with Crippen molar-refractivity contribution in [3.63, 3.8) is 0 Å². The van der Waals surface area contributed by atoms with Crippen molar-refractivity contribution < 1.29 is 4.79 Å². The van der Waals surface area contributed by atoms with Gasteiger partial charge in [-0.1, -0.05) is 18.2 Å². The van der Waals surface area contributed by atoms with Gasteiger partial charge in [-0.3, -0.25) is 9.78 Å². The van der Waals surface area contributed by atoms with Gasteiger partial charge in [0.25, 0.3) is 0 Å². The van der Waals surface area contributed by atoms with Gasteiger partial charge in [-0.25, -0.2) is 0 Å². The Hall–Kier alpha value is -1.74. The Morgan fingerprint density at radius 1 is 1.33 bits per heavy atom. The molecule has 0 saturated carbocycles. The first-order valence-electron chi connectivity index (χ1n) is 4.89. The average Bonchev–Trinajstić information content (AvgIpc) is 2.29. The minimum absolute atomic E-state index is 0.0741. The van der Waals surface area contributed by atoms with Crippen LogP contribution in [0.5, 0.6) is 0 Å². The van der Waals surface area contributed by atoms with Gasteiger partial charge in [-0.2, -0.15) is 0 Å². The molecule has 1 aromatic heterocycles. The van der Waals surface area contributed by atoms with Crippen LogP contribution in [0.15, 0.2) is 36.5 Å². The SMILES string of the molecule is NCCC(=O)c1ccc2cccnc2c1. The number of ketones is 1. The number of hydrogen-bond donors (Lipinski definition) is 1. The number of fused-ring (bicyclic) bond motifs is 1. The maximum absolute atomic E-state index is 11.6. The molecule has 0 radical (unpaired) electrons. The minimum atomic E-state index is 0.0741. The van der Waals surface area contributed by atoms with Gasteiger partial charge in [0, 0.05) is 23.6 Å². The molecular weight excluding hydrogens is 188 g/mol. The summed E-state index contributed by atoms with van der Waals surface area (Å²) in [6, 6.07) is 9.39. The standard InChI is InChI=1S/C12H12N2O/c13-6-5-12(15)10-4-3-9-2-1-7-14-11(9)8-10/h1-4,7-8H,5-6,13H2. The number of nitrogens with two attached hydrogens (primary N) is 1. The number of benzene rings is 1. The van der Waals surface area contributed by atoms with Crippen LogP contribution in [0.3, 0.4) is 0 Å². The average molecular weight is 200 g/mol.